The van der Waals surface area contributed by atoms with Gasteiger partial charge in [-0.25, -0.2) is 39.5 Å². The minimum absolute atomic E-state index is 0.913. The van der Waals surface area contributed by atoms with Gasteiger partial charge in [0.05, 0.1) is 0 Å². The van der Waals surface area contributed by atoms with Gasteiger partial charge in [0.2, 0.25) is 5.41 Å². The van der Waals surface area contributed by atoms with E-state index in [1.54, 1.807) is 0 Å². The number of rotatable bonds is 3. The van der Waals surface area contributed by atoms with E-state index < -0.39 is 70.0 Å². The topological polar surface area (TPSA) is 9.23 Å². The van der Waals surface area contributed by atoms with E-state index in [4.69, 9.17) is 0 Å². The van der Waals surface area contributed by atoms with Crippen LogP contribution in [0.4, 0.5) is 87.9 Å². The highest BCUT2D eigenvalue weighted by Crippen LogP contribution is 2.93. The Morgan fingerprint density at radius 1 is 0.394 bits per heavy atom. The highest BCUT2D eigenvalue weighted by Gasteiger charge is 3.25. The van der Waals surface area contributed by atoms with Crippen molar-refractivity contribution < 1.29 is 92.9 Å². The van der Waals surface area contributed by atoms with Gasteiger partial charge in [-0.05, 0) is 4.53 Å². The lowest BCUT2D eigenvalue weighted by molar-refractivity contribution is -0.641. The quantitative estimate of drug-likeness (QED) is 0.395. The maximum Gasteiger partial charge on any atom is 0.450 e. The van der Waals surface area contributed by atoms with Crippen LogP contribution < -0.4 is 0 Å². The van der Waals surface area contributed by atoms with E-state index in [0.717, 1.165) is 4.94 Å². The first kappa shape index (κ1) is 26.2. The molecule has 0 radical (unpaired) electrons. The fourth-order valence-corrected chi connectivity index (χ4v) is 4.71. The molecule has 194 valence electrons. The van der Waals surface area contributed by atoms with Crippen LogP contribution in [0.3, 0.4) is 0 Å². The summed E-state index contributed by atoms with van der Waals surface area (Å²) in [7, 11) is 0. The smallest absolute Gasteiger partial charge is 0.223 e. The summed E-state index contributed by atoms with van der Waals surface area (Å²) >= 11 is 0. The summed E-state index contributed by atoms with van der Waals surface area (Å²) in [5.74, 6) is -60.6. The molecule has 0 aliphatic heterocycles. The molecule has 0 saturated heterocycles. The summed E-state index contributed by atoms with van der Waals surface area (Å²) < 4.78 is 281. The first-order valence-electron chi connectivity index (χ1n) is 7.45. The van der Waals surface area contributed by atoms with Crippen LogP contribution in [-0.4, -0.2) is 64.6 Å². The Kier molecular flexibility index (Phi) is 4.14. The van der Waals surface area contributed by atoms with Crippen LogP contribution in [0.2, 0.25) is 0 Å². The SMILES string of the molecule is FOC(F)(F)C(F)(F)C12C(F)(F)C3(F)C(F)(F)C(F)(C(F)(F)C(F)(C3(F)F)C1(F)F)C2(F)F. The Balaban J connectivity index is 2.80. The number of hydrogen-bond acceptors (Lipinski definition) is 1. The second-order valence-corrected chi connectivity index (χ2v) is 7.34. The maximum atomic E-state index is 14.6. The normalized spacial score (nSPS) is 45.8. The third-order valence-electron chi connectivity index (χ3n) is 6.24. The molecule has 1 nitrogen and oxygen atoms in total. The molecule has 4 rings (SSSR count). The van der Waals surface area contributed by atoms with Crippen LogP contribution >= 0.6 is 0 Å². The van der Waals surface area contributed by atoms with Crippen molar-refractivity contribution in [1.29, 1.82) is 0 Å². The van der Waals surface area contributed by atoms with Crippen molar-refractivity contribution in [2.24, 2.45) is 5.41 Å². The summed E-state index contributed by atoms with van der Waals surface area (Å²) in [5, 5.41) is 0. The van der Waals surface area contributed by atoms with Crippen molar-refractivity contribution in [2.75, 3.05) is 0 Å². The molecule has 0 spiro atoms. The molecule has 0 atom stereocenters. The van der Waals surface area contributed by atoms with Crippen molar-refractivity contribution in [1.82, 2.24) is 0 Å². The van der Waals surface area contributed by atoms with Gasteiger partial charge in [0.1, 0.15) is 0 Å². The summed E-state index contributed by atoms with van der Waals surface area (Å²) in [6.45, 7) is 0. The number of halogens is 20. The highest BCUT2D eigenvalue weighted by molar-refractivity contribution is 5.54. The van der Waals surface area contributed by atoms with Crippen LogP contribution in [0.15, 0.2) is 0 Å². The van der Waals surface area contributed by atoms with Crippen molar-refractivity contribution in [3.05, 3.63) is 0 Å². The fraction of sp³-hybridized carbons (Fsp3) is 1.00. The fourth-order valence-electron chi connectivity index (χ4n) is 4.71. The van der Waals surface area contributed by atoms with E-state index in [1.807, 2.05) is 0 Å². The lowest BCUT2D eigenvalue weighted by Gasteiger charge is -2.75. The lowest BCUT2D eigenvalue weighted by Crippen LogP contribution is -3.09. The molecule has 0 N–H and O–H groups in total. The van der Waals surface area contributed by atoms with Crippen molar-refractivity contribution in [2.45, 2.75) is 64.6 Å². The van der Waals surface area contributed by atoms with Gasteiger partial charge in [-0.1, -0.05) is 0 Å². The monoisotopic (exact) mass is 540 g/mol. The van der Waals surface area contributed by atoms with Gasteiger partial charge in [-0.3, -0.25) is 0 Å². The Labute approximate surface area is 164 Å². The largest absolute Gasteiger partial charge is 0.450 e. The van der Waals surface area contributed by atoms with Crippen LogP contribution in [-0.2, 0) is 4.94 Å². The molecule has 33 heavy (non-hydrogen) atoms. The molecule has 0 heterocycles. The van der Waals surface area contributed by atoms with Crippen LogP contribution in [0, 0.1) is 5.41 Å². The zero-order valence-corrected chi connectivity index (χ0v) is 14.0. The second kappa shape index (κ2) is 5.21. The van der Waals surface area contributed by atoms with Gasteiger partial charge in [0, 0.05) is 0 Å². The zero-order valence-electron chi connectivity index (χ0n) is 14.0. The average molecular weight is 540 g/mol. The maximum absolute atomic E-state index is 14.6. The minimum atomic E-state index is -8.89. The first-order chi connectivity index (χ1) is 14.1. The third-order valence-corrected chi connectivity index (χ3v) is 6.24. The van der Waals surface area contributed by atoms with Crippen molar-refractivity contribution in [3.8, 4) is 0 Å². The second-order valence-electron chi connectivity index (χ2n) is 7.34. The summed E-state index contributed by atoms with van der Waals surface area (Å²) in [6, 6.07) is 0. The van der Waals surface area contributed by atoms with E-state index >= 15 is 0 Å². The van der Waals surface area contributed by atoms with E-state index in [-0.39, 0.29) is 0 Å². The van der Waals surface area contributed by atoms with Gasteiger partial charge in [0.25, 0.3) is 0 Å². The van der Waals surface area contributed by atoms with E-state index in [1.165, 1.54) is 0 Å². The van der Waals surface area contributed by atoms with Crippen LogP contribution in [0.5, 0.6) is 0 Å². The molecule has 0 aromatic heterocycles. The predicted octanol–water partition coefficient (Wildman–Crippen LogP) is 6.08. The highest BCUT2D eigenvalue weighted by atomic mass is 19.4. The van der Waals surface area contributed by atoms with Gasteiger partial charge in [0.15, 0.2) is 0 Å². The molecule has 4 aliphatic rings. The van der Waals surface area contributed by atoms with Crippen molar-refractivity contribution in [3.63, 3.8) is 0 Å². The Bertz CT molecular complexity index is 790. The lowest BCUT2D eigenvalue weighted by atomic mass is 9.35. The molecular weight excluding hydrogens is 540 g/mol. The van der Waals surface area contributed by atoms with Crippen LogP contribution in [0.25, 0.3) is 0 Å². The predicted molar refractivity (Wildman–Crippen MR) is 55.7 cm³/mol. The summed E-state index contributed by atoms with van der Waals surface area (Å²) in [6.07, 6.45) is -7.95. The van der Waals surface area contributed by atoms with E-state index in [9.17, 15) is 87.9 Å². The Morgan fingerprint density at radius 2 is 0.606 bits per heavy atom. The molecule has 21 heteroatoms. The molecule has 4 aliphatic carbocycles. The van der Waals surface area contributed by atoms with Gasteiger partial charge in [-0.2, -0.15) is 43.9 Å². The standard InChI is InChI=1S/C12F20O/c13-2-5(16,17)1(8(22,23)12(30,31)33-32)6(18,19)3(14,9(2,24)25)11(28,29)4(15,7(1,20)21)10(2,26)27. The summed E-state index contributed by atoms with van der Waals surface area (Å²) in [5.41, 5.74) is -34.4. The number of hydrogen-bond donors (Lipinski definition) is 0. The summed E-state index contributed by atoms with van der Waals surface area (Å²) in [4.78, 5) is 0.913. The molecule has 4 fully saturated rings. The zero-order chi connectivity index (χ0) is 26.7. The molecule has 0 unspecified atom stereocenters. The van der Waals surface area contributed by atoms with Gasteiger partial charge in [-0.15, -0.1) is 4.94 Å². The van der Waals surface area contributed by atoms with Gasteiger partial charge < -0.3 is 0 Å². The first-order valence-corrected chi connectivity index (χ1v) is 7.45. The molecule has 0 amide bonds. The molecule has 4 saturated carbocycles. The molecular formula is C12F20O. The molecule has 0 aromatic carbocycles. The van der Waals surface area contributed by atoms with Gasteiger partial charge >= 0.3 is 64.6 Å². The van der Waals surface area contributed by atoms with E-state index in [0.29, 0.717) is 0 Å². The Morgan fingerprint density at radius 3 is 0.788 bits per heavy atom. The minimum Gasteiger partial charge on any atom is -0.223 e. The van der Waals surface area contributed by atoms with Crippen molar-refractivity contribution >= 4 is 0 Å². The number of alkyl halides is 19. The molecule has 4 bridgehead atoms. The average Bonchev–Trinajstić information content (AvgIpc) is 2.61. The molecule has 0 aromatic rings. The van der Waals surface area contributed by atoms with Crippen LogP contribution in [0.1, 0.15) is 0 Å². The van der Waals surface area contributed by atoms with E-state index in [2.05, 4.69) is 0 Å². The third kappa shape index (κ3) is 1.53. The Hall–Kier alpha value is -1.44.